The molecule has 0 atom stereocenters. The zero-order chi connectivity index (χ0) is 15.3. The van der Waals surface area contributed by atoms with Crippen molar-refractivity contribution in [2.75, 3.05) is 0 Å². The van der Waals surface area contributed by atoms with Crippen LogP contribution in [0.4, 0.5) is 0 Å². The normalized spacial score (nSPS) is 13.3. The van der Waals surface area contributed by atoms with Gasteiger partial charge in [0.15, 0.2) is 0 Å². The topological polar surface area (TPSA) is 0 Å². The zero-order valence-corrected chi connectivity index (χ0v) is 14.4. The van der Waals surface area contributed by atoms with E-state index in [1.54, 1.807) is 0 Å². The minimum Gasteiger partial charge on any atom is -0.0915 e. The summed E-state index contributed by atoms with van der Waals surface area (Å²) in [4.78, 5) is 0. The monoisotopic (exact) mass is 292 g/mol. The Kier molecular flexibility index (Phi) is 4.97. The molecular weight excluding hydrogens is 268 g/mol. The van der Waals surface area contributed by atoms with Crippen molar-refractivity contribution in [2.24, 2.45) is 0 Å². The molecule has 0 unspecified atom stereocenters. The molecule has 0 amide bonds. The highest BCUT2D eigenvalue weighted by Gasteiger charge is 2.12. The number of benzene rings is 2. The van der Waals surface area contributed by atoms with Crippen LogP contribution in [-0.4, -0.2) is 8.07 Å². The fourth-order valence-corrected chi connectivity index (χ4v) is 3.94. The minimum absolute atomic E-state index is 1.24. The smallest absolute Gasteiger partial charge is 0.0690 e. The van der Waals surface area contributed by atoms with E-state index in [1.165, 1.54) is 22.3 Å². The van der Waals surface area contributed by atoms with Crippen molar-refractivity contribution in [3.63, 3.8) is 0 Å². The highest BCUT2D eigenvalue weighted by Crippen LogP contribution is 2.27. The Bertz CT molecular complexity index is 629. The highest BCUT2D eigenvalue weighted by atomic mass is 28.3. The van der Waals surface area contributed by atoms with E-state index in [0.717, 1.165) is 0 Å². The van der Waals surface area contributed by atoms with Gasteiger partial charge in [-0.05, 0) is 29.7 Å². The van der Waals surface area contributed by atoms with Gasteiger partial charge in [-0.1, -0.05) is 91.6 Å². The zero-order valence-electron chi connectivity index (χ0n) is 13.4. The maximum absolute atomic E-state index is 2.48. The van der Waals surface area contributed by atoms with Gasteiger partial charge in [0.2, 0.25) is 0 Å². The molecule has 0 nitrogen and oxygen atoms in total. The predicted octanol–water partition coefficient (Wildman–Crippen LogP) is 6.05. The Morgan fingerprint density at radius 3 is 1.86 bits per heavy atom. The fraction of sp³-hybridized carbons (Fsp3) is 0.200. The second-order valence-corrected chi connectivity index (χ2v) is 11.5. The van der Waals surface area contributed by atoms with E-state index in [0.29, 0.717) is 0 Å². The van der Waals surface area contributed by atoms with Crippen LogP contribution >= 0.6 is 0 Å². The Morgan fingerprint density at radius 2 is 1.33 bits per heavy atom. The molecule has 0 saturated carbocycles. The first-order valence-corrected chi connectivity index (χ1v) is 11.1. The van der Waals surface area contributed by atoms with Crippen LogP contribution in [0, 0.1) is 0 Å². The first-order valence-electron chi connectivity index (χ1n) is 7.48. The molecule has 0 spiro atoms. The number of hydrogen-bond acceptors (Lipinski definition) is 0. The Labute approximate surface area is 129 Å². The largest absolute Gasteiger partial charge is 0.0915 e. The third-order valence-electron chi connectivity index (χ3n) is 3.27. The van der Waals surface area contributed by atoms with Crippen LogP contribution < -0.4 is 0 Å². The molecule has 2 rings (SSSR count). The van der Waals surface area contributed by atoms with Crippen molar-refractivity contribution < 1.29 is 0 Å². The second kappa shape index (κ2) is 6.73. The average molecular weight is 292 g/mol. The quantitative estimate of drug-likeness (QED) is 0.365. The van der Waals surface area contributed by atoms with Crippen LogP contribution in [0.1, 0.15) is 18.1 Å². The Balaban J connectivity index is 2.51. The molecule has 0 heterocycles. The summed E-state index contributed by atoms with van der Waals surface area (Å²) < 4.78 is 0. The molecule has 0 aliphatic heterocycles. The van der Waals surface area contributed by atoms with Crippen LogP contribution in [-0.2, 0) is 0 Å². The van der Waals surface area contributed by atoms with Crippen molar-refractivity contribution in [2.45, 2.75) is 26.6 Å². The Morgan fingerprint density at radius 1 is 0.810 bits per heavy atom. The molecule has 0 aliphatic carbocycles. The Hall–Kier alpha value is -1.86. The van der Waals surface area contributed by atoms with Gasteiger partial charge >= 0.3 is 0 Å². The van der Waals surface area contributed by atoms with Gasteiger partial charge in [0, 0.05) is 0 Å². The summed E-state index contributed by atoms with van der Waals surface area (Å²) in [5, 5.41) is 0. The third-order valence-corrected chi connectivity index (χ3v) is 4.57. The van der Waals surface area contributed by atoms with Crippen molar-refractivity contribution in [1.82, 2.24) is 0 Å². The molecule has 0 bridgehead atoms. The molecule has 0 saturated heterocycles. The van der Waals surface area contributed by atoms with Crippen LogP contribution in [0.5, 0.6) is 0 Å². The SMILES string of the molecule is CC(=C\[Si](C)(C)C)/C(=C/c1ccccc1)c1ccccc1. The van der Waals surface area contributed by atoms with E-state index < -0.39 is 8.07 Å². The van der Waals surface area contributed by atoms with Crippen molar-refractivity contribution in [3.8, 4) is 0 Å². The number of rotatable bonds is 4. The lowest BCUT2D eigenvalue weighted by Gasteiger charge is -2.15. The molecule has 2 aromatic rings. The number of allylic oxidation sites excluding steroid dienone is 2. The van der Waals surface area contributed by atoms with E-state index in [2.05, 4.69) is 99.0 Å². The minimum atomic E-state index is -1.24. The fourth-order valence-electron chi connectivity index (χ4n) is 2.49. The maximum atomic E-state index is 2.48. The lowest BCUT2D eigenvalue weighted by molar-refractivity contribution is 1.50. The summed E-state index contributed by atoms with van der Waals surface area (Å²) in [5.41, 5.74) is 7.72. The summed E-state index contributed by atoms with van der Waals surface area (Å²) in [5.74, 6) is 0. The van der Waals surface area contributed by atoms with Crippen LogP contribution in [0.15, 0.2) is 71.9 Å². The highest BCUT2D eigenvalue weighted by molar-refractivity contribution is 6.81. The average Bonchev–Trinajstić information content (AvgIpc) is 2.45. The molecule has 0 radical (unpaired) electrons. The molecule has 2 aromatic carbocycles. The number of hydrogen-bond donors (Lipinski definition) is 0. The summed E-state index contributed by atoms with van der Waals surface area (Å²) in [7, 11) is -1.24. The van der Waals surface area contributed by atoms with Crippen molar-refractivity contribution in [1.29, 1.82) is 0 Å². The molecule has 0 aromatic heterocycles. The van der Waals surface area contributed by atoms with E-state index >= 15 is 0 Å². The van der Waals surface area contributed by atoms with E-state index in [9.17, 15) is 0 Å². The molecule has 0 aliphatic rings. The second-order valence-electron chi connectivity index (χ2n) is 6.53. The van der Waals surface area contributed by atoms with E-state index in [-0.39, 0.29) is 0 Å². The first-order chi connectivity index (χ1) is 9.96. The summed E-state index contributed by atoms with van der Waals surface area (Å²) in [6.45, 7) is 9.37. The van der Waals surface area contributed by atoms with Gasteiger partial charge in [-0.2, -0.15) is 0 Å². The van der Waals surface area contributed by atoms with Gasteiger partial charge in [0.1, 0.15) is 0 Å². The van der Waals surface area contributed by atoms with Gasteiger partial charge in [-0.3, -0.25) is 0 Å². The molecule has 21 heavy (non-hydrogen) atoms. The lowest BCUT2D eigenvalue weighted by Crippen LogP contribution is -2.16. The van der Waals surface area contributed by atoms with Crippen LogP contribution in [0.25, 0.3) is 11.6 Å². The third kappa shape index (κ3) is 4.87. The molecule has 108 valence electrons. The molecular formula is C20H24Si. The standard InChI is InChI=1S/C20H24Si/c1-17(16-21(2,3)4)20(19-13-9-6-10-14-19)15-18-11-7-5-8-12-18/h5-16H,1-4H3/b17-16+,20-15-. The van der Waals surface area contributed by atoms with E-state index in [4.69, 9.17) is 0 Å². The van der Waals surface area contributed by atoms with E-state index in [1.807, 2.05) is 0 Å². The summed E-state index contributed by atoms with van der Waals surface area (Å²) in [6, 6.07) is 21.2. The summed E-state index contributed by atoms with van der Waals surface area (Å²) >= 11 is 0. The van der Waals surface area contributed by atoms with Gasteiger partial charge in [0.05, 0.1) is 8.07 Å². The lowest BCUT2D eigenvalue weighted by atomic mass is 9.97. The van der Waals surface area contributed by atoms with Crippen LogP contribution in [0.2, 0.25) is 19.6 Å². The predicted molar refractivity (Wildman–Crippen MR) is 97.9 cm³/mol. The van der Waals surface area contributed by atoms with Gasteiger partial charge in [-0.15, -0.1) is 0 Å². The molecule has 0 fully saturated rings. The van der Waals surface area contributed by atoms with Crippen LogP contribution in [0.3, 0.4) is 0 Å². The van der Waals surface area contributed by atoms with Gasteiger partial charge in [0.25, 0.3) is 0 Å². The van der Waals surface area contributed by atoms with Gasteiger partial charge < -0.3 is 0 Å². The van der Waals surface area contributed by atoms with Gasteiger partial charge in [-0.25, -0.2) is 0 Å². The maximum Gasteiger partial charge on any atom is 0.0690 e. The first kappa shape index (κ1) is 15.5. The van der Waals surface area contributed by atoms with Crippen molar-refractivity contribution >= 4 is 19.7 Å². The van der Waals surface area contributed by atoms with Crippen molar-refractivity contribution in [3.05, 3.63) is 83.1 Å². The molecule has 0 N–H and O–H groups in total. The summed E-state index contributed by atoms with van der Waals surface area (Å²) in [6.07, 6.45) is 2.29. The molecule has 1 heteroatoms.